The highest BCUT2D eigenvalue weighted by Crippen LogP contribution is 2.43. The van der Waals surface area contributed by atoms with Crippen LogP contribution < -0.4 is 9.46 Å². The molecule has 0 bridgehead atoms. The van der Waals surface area contributed by atoms with Crippen LogP contribution in [-0.4, -0.2) is 32.3 Å². The van der Waals surface area contributed by atoms with Crippen LogP contribution >= 0.6 is 11.3 Å². The van der Waals surface area contributed by atoms with Crippen molar-refractivity contribution in [3.63, 3.8) is 0 Å². The number of hydrogen-bond acceptors (Lipinski definition) is 8. The summed E-state index contributed by atoms with van der Waals surface area (Å²) in [6.45, 7) is 2.70. The summed E-state index contributed by atoms with van der Waals surface area (Å²) in [5, 5.41) is 4.27. The van der Waals surface area contributed by atoms with E-state index in [4.69, 9.17) is 14.0 Å². The van der Waals surface area contributed by atoms with Gasteiger partial charge in [0.25, 0.3) is 15.9 Å². The van der Waals surface area contributed by atoms with Crippen molar-refractivity contribution in [1.82, 2.24) is 10.1 Å². The summed E-state index contributed by atoms with van der Waals surface area (Å²) >= 11 is 1.32. The molecule has 27 heavy (non-hydrogen) atoms. The fraction of sp³-hybridized carbons (Fsp3) is 0.294. The van der Waals surface area contributed by atoms with Crippen LogP contribution in [0.2, 0.25) is 0 Å². The van der Waals surface area contributed by atoms with Crippen LogP contribution in [0.1, 0.15) is 16.3 Å². The lowest BCUT2D eigenvalue weighted by atomic mass is 10.1. The molecule has 0 aliphatic carbocycles. The number of methoxy groups -OCH3 is 1. The summed E-state index contributed by atoms with van der Waals surface area (Å²) in [6, 6.07) is 6.46. The Labute approximate surface area is 160 Å². The molecular formula is C17H17N3O5S2. The fourth-order valence-corrected chi connectivity index (χ4v) is 5.60. The molecule has 0 radical (unpaired) electrons. The Bertz CT molecular complexity index is 1090. The van der Waals surface area contributed by atoms with Gasteiger partial charge in [-0.15, -0.1) is 11.3 Å². The van der Waals surface area contributed by atoms with Gasteiger partial charge >= 0.3 is 0 Å². The van der Waals surface area contributed by atoms with E-state index >= 15 is 0 Å². The second-order valence-corrected chi connectivity index (χ2v) is 8.67. The molecule has 0 fully saturated rings. The average molecular weight is 407 g/mol. The maximum absolute atomic E-state index is 13.0. The number of hydrogen-bond donors (Lipinski definition) is 1. The van der Waals surface area contributed by atoms with Crippen molar-refractivity contribution in [2.45, 2.75) is 24.8 Å². The minimum absolute atomic E-state index is 0.0581. The number of aryl methyl sites for hydroxylation is 1. The van der Waals surface area contributed by atoms with E-state index in [-0.39, 0.29) is 10.6 Å². The maximum Gasteiger partial charge on any atom is 0.266 e. The van der Waals surface area contributed by atoms with Gasteiger partial charge in [-0.25, -0.2) is 8.42 Å². The molecule has 0 atom stereocenters. The minimum atomic E-state index is -3.87. The molecule has 4 rings (SSSR count). The molecule has 3 aromatic rings. The Kier molecular flexibility index (Phi) is 4.62. The van der Waals surface area contributed by atoms with Crippen LogP contribution in [0.25, 0.3) is 11.5 Å². The van der Waals surface area contributed by atoms with Crippen LogP contribution in [0.15, 0.2) is 33.7 Å². The van der Waals surface area contributed by atoms with Crippen molar-refractivity contribution in [3.05, 3.63) is 40.5 Å². The zero-order chi connectivity index (χ0) is 19.0. The van der Waals surface area contributed by atoms with Crippen molar-refractivity contribution in [3.8, 4) is 17.2 Å². The van der Waals surface area contributed by atoms with Crippen LogP contribution in [0.5, 0.6) is 5.75 Å². The maximum atomic E-state index is 13.0. The second kappa shape index (κ2) is 6.95. The molecule has 0 saturated heterocycles. The zero-order valence-corrected chi connectivity index (χ0v) is 16.3. The molecule has 3 heterocycles. The van der Waals surface area contributed by atoms with E-state index in [1.54, 1.807) is 25.1 Å². The van der Waals surface area contributed by atoms with Crippen molar-refractivity contribution in [2.24, 2.45) is 0 Å². The molecule has 1 aliphatic rings. The number of rotatable bonds is 5. The predicted octanol–water partition coefficient (Wildman–Crippen LogP) is 2.99. The number of nitrogens with zero attached hydrogens (tertiary/aromatic N) is 2. The van der Waals surface area contributed by atoms with E-state index in [1.165, 1.54) is 24.5 Å². The monoisotopic (exact) mass is 407 g/mol. The Hall–Kier alpha value is -2.43. The SMILES string of the molecule is COc1ccccc1S(=O)(=O)Nc1sc2c(c1-c1nc(C)no1)CCOC2. The molecule has 0 amide bonds. The Morgan fingerprint density at radius 1 is 1.30 bits per heavy atom. The molecule has 10 heteroatoms. The molecule has 2 aromatic heterocycles. The Morgan fingerprint density at radius 2 is 2.11 bits per heavy atom. The number of anilines is 1. The van der Waals surface area contributed by atoms with E-state index in [0.717, 1.165) is 10.4 Å². The van der Waals surface area contributed by atoms with Gasteiger partial charge in [0.1, 0.15) is 15.6 Å². The summed E-state index contributed by atoms with van der Waals surface area (Å²) < 4.78 is 44.7. The molecule has 142 valence electrons. The lowest BCUT2D eigenvalue weighted by Crippen LogP contribution is -2.14. The largest absolute Gasteiger partial charge is 0.495 e. The predicted molar refractivity (Wildman–Crippen MR) is 99.5 cm³/mol. The van der Waals surface area contributed by atoms with E-state index in [0.29, 0.717) is 41.9 Å². The highest BCUT2D eigenvalue weighted by Gasteiger charge is 2.29. The number of aromatic nitrogens is 2. The van der Waals surface area contributed by atoms with Gasteiger partial charge in [0.2, 0.25) is 0 Å². The fourth-order valence-electron chi connectivity index (χ4n) is 2.95. The highest BCUT2D eigenvalue weighted by atomic mass is 32.2. The summed E-state index contributed by atoms with van der Waals surface area (Å²) in [5.74, 6) is 1.05. The summed E-state index contributed by atoms with van der Waals surface area (Å²) in [6.07, 6.45) is 0.652. The molecule has 0 saturated carbocycles. The number of ether oxygens (including phenoxy) is 2. The third-order valence-electron chi connectivity index (χ3n) is 4.15. The standard InChI is InChI=1S/C17H17N3O5S2/c1-10-18-16(25-19-10)15-11-7-8-24-9-13(11)26-17(15)20-27(21,22)14-6-4-3-5-12(14)23-2/h3-6,20H,7-9H2,1-2H3. The first-order chi connectivity index (χ1) is 13.0. The van der Waals surface area contributed by atoms with Gasteiger partial charge in [-0.1, -0.05) is 17.3 Å². The number of nitrogens with one attached hydrogen (secondary N) is 1. The number of para-hydroxylation sites is 1. The second-order valence-electron chi connectivity index (χ2n) is 5.91. The van der Waals surface area contributed by atoms with Gasteiger partial charge in [-0.3, -0.25) is 4.72 Å². The smallest absolute Gasteiger partial charge is 0.266 e. The summed E-state index contributed by atoms with van der Waals surface area (Å²) in [4.78, 5) is 5.29. The summed E-state index contributed by atoms with van der Waals surface area (Å²) in [7, 11) is -2.44. The van der Waals surface area contributed by atoms with Crippen LogP contribution in [0.4, 0.5) is 5.00 Å². The quantitative estimate of drug-likeness (QED) is 0.693. The van der Waals surface area contributed by atoms with Gasteiger partial charge in [0, 0.05) is 4.88 Å². The topological polar surface area (TPSA) is 104 Å². The van der Waals surface area contributed by atoms with Gasteiger partial charge in [0.05, 0.1) is 25.9 Å². The van der Waals surface area contributed by atoms with E-state index in [2.05, 4.69) is 14.9 Å². The first-order valence-electron chi connectivity index (χ1n) is 8.18. The van der Waals surface area contributed by atoms with Gasteiger partial charge in [-0.2, -0.15) is 4.98 Å². The third kappa shape index (κ3) is 3.31. The van der Waals surface area contributed by atoms with Crippen LogP contribution in [0.3, 0.4) is 0 Å². The lowest BCUT2D eigenvalue weighted by molar-refractivity contribution is 0.113. The molecular weight excluding hydrogens is 390 g/mol. The Morgan fingerprint density at radius 3 is 2.85 bits per heavy atom. The van der Waals surface area contributed by atoms with Crippen LogP contribution in [-0.2, 0) is 27.8 Å². The van der Waals surface area contributed by atoms with Gasteiger partial charge in [-0.05, 0) is 31.0 Å². The van der Waals surface area contributed by atoms with Crippen molar-refractivity contribution >= 4 is 26.4 Å². The first-order valence-corrected chi connectivity index (χ1v) is 10.5. The third-order valence-corrected chi connectivity index (χ3v) is 6.79. The molecule has 1 aliphatic heterocycles. The number of fused-ring (bicyclic) bond motifs is 1. The van der Waals surface area contributed by atoms with E-state index in [1.807, 2.05) is 0 Å². The van der Waals surface area contributed by atoms with Crippen molar-refractivity contribution in [1.29, 1.82) is 0 Å². The summed E-state index contributed by atoms with van der Waals surface area (Å²) in [5.41, 5.74) is 1.60. The lowest BCUT2D eigenvalue weighted by Gasteiger charge is -2.12. The molecule has 0 spiro atoms. The highest BCUT2D eigenvalue weighted by molar-refractivity contribution is 7.93. The van der Waals surface area contributed by atoms with Gasteiger partial charge < -0.3 is 14.0 Å². The Balaban J connectivity index is 1.81. The van der Waals surface area contributed by atoms with Crippen molar-refractivity contribution < 1.29 is 22.4 Å². The minimum Gasteiger partial charge on any atom is -0.495 e. The van der Waals surface area contributed by atoms with Gasteiger partial charge in [0.15, 0.2) is 5.82 Å². The number of benzene rings is 1. The molecule has 8 nitrogen and oxygen atoms in total. The van der Waals surface area contributed by atoms with E-state index < -0.39 is 10.0 Å². The molecule has 0 unspecified atom stereocenters. The number of thiophene rings is 1. The van der Waals surface area contributed by atoms with E-state index in [9.17, 15) is 8.42 Å². The first kappa shape index (κ1) is 18.0. The normalized spacial score (nSPS) is 14.0. The van der Waals surface area contributed by atoms with Crippen molar-refractivity contribution in [2.75, 3.05) is 18.4 Å². The van der Waals surface area contributed by atoms with Crippen LogP contribution in [0, 0.1) is 6.92 Å². The molecule has 1 N–H and O–H groups in total. The molecule has 1 aromatic carbocycles. The zero-order valence-electron chi connectivity index (χ0n) is 14.7. The number of sulfonamides is 1. The average Bonchev–Trinajstić information content (AvgIpc) is 3.23.